The largest absolute Gasteiger partial charge is 0.433 e. The standard InChI is InChI=1S/C18H17FN4O3S/c1-12(2)11-22-17(14-5-3-4-6-15(14)19)20-21-18(22)27-10-9-13-7-8-16(26-13)23(24)25/h3-10,12H,11H2,1-2H3/b10-9+. The summed E-state index contributed by atoms with van der Waals surface area (Å²) in [4.78, 5) is 10.1. The first-order valence-corrected chi connectivity index (χ1v) is 9.09. The summed E-state index contributed by atoms with van der Waals surface area (Å²) < 4.78 is 21.1. The second-order valence-electron chi connectivity index (χ2n) is 6.14. The van der Waals surface area contributed by atoms with E-state index in [1.807, 2.05) is 4.57 Å². The molecule has 0 saturated heterocycles. The average Bonchev–Trinajstić information content (AvgIpc) is 3.23. The molecule has 0 amide bonds. The van der Waals surface area contributed by atoms with E-state index in [-0.39, 0.29) is 11.7 Å². The van der Waals surface area contributed by atoms with Crippen molar-refractivity contribution in [3.05, 3.63) is 63.5 Å². The topological polar surface area (TPSA) is 87.0 Å². The lowest BCUT2D eigenvalue weighted by molar-refractivity contribution is -0.402. The van der Waals surface area contributed by atoms with Crippen molar-refractivity contribution in [3.63, 3.8) is 0 Å². The number of furan rings is 1. The van der Waals surface area contributed by atoms with Crippen LogP contribution in [0, 0.1) is 21.8 Å². The third-order valence-electron chi connectivity index (χ3n) is 3.58. The van der Waals surface area contributed by atoms with Gasteiger partial charge in [-0.3, -0.25) is 10.1 Å². The zero-order valence-corrected chi connectivity index (χ0v) is 15.5. The van der Waals surface area contributed by atoms with Crippen molar-refractivity contribution in [2.24, 2.45) is 5.92 Å². The van der Waals surface area contributed by atoms with Gasteiger partial charge in [-0.25, -0.2) is 4.39 Å². The molecule has 0 saturated carbocycles. The van der Waals surface area contributed by atoms with E-state index in [0.717, 1.165) is 0 Å². The lowest BCUT2D eigenvalue weighted by atomic mass is 10.2. The Balaban J connectivity index is 1.85. The molecule has 0 aliphatic rings. The number of nitrogens with zero attached hydrogens (tertiary/aromatic N) is 4. The predicted octanol–water partition coefficient (Wildman–Crippen LogP) is 5.00. The number of aromatic nitrogens is 3. The molecule has 0 radical (unpaired) electrons. The molecule has 0 unspecified atom stereocenters. The molecule has 0 aliphatic heterocycles. The number of nitro groups is 1. The maximum absolute atomic E-state index is 14.2. The Labute approximate surface area is 159 Å². The zero-order valence-electron chi connectivity index (χ0n) is 14.7. The minimum Gasteiger partial charge on any atom is -0.401 e. The molecule has 3 rings (SSSR count). The van der Waals surface area contributed by atoms with E-state index in [4.69, 9.17) is 4.42 Å². The van der Waals surface area contributed by atoms with Gasteiger partial charge in [-0.1, -0.05) is 37.7 Å². The first-order chi connectivity index (χ1) is 13.0. The molecule has 0 fully saturated rings. The van der Waals surface area contributed by atoms with E-state index in [1.165, 1.54) is 30.0 Å². The Morgan fingerprint density at radius 2 is 2.07 bits per heavy atom. The van der Waals surface area contributed by atoms with Crippen LogP contribution in [0.3, 0.4) is 0 Å². The SMILES string of the molecule is CC(C)Cn1c(S/C=C/c2ccc([N+](=O)[O-])o2)nnc1-c1ccccc1F. The molecule has 0 aliphatic carbocycles. The lowest BCUT2D eigenvalue weighted by Crippen LogP contribution is -2.08. The summed E-state index contributed by atoms with van der Waals surface area (Å²) in [6, 6.07) is 9.25. The highest BCUT2D eigenvalue weighted by molar-refractivity contribution is 8.02. The minimum atomic E-state index is -0.593. The van der Waals surface area contributed by atoms with Crippen LogP contribution in [0.1, 0.15) is 19.6 Å². The molecule has 27 heavy (non-hydrogen) atoms. The van der Waals surface area contributed by atoms with Crippen LogP contribution in [-0.4, -0.2) is 19.7 Å². The van der Waals surface area contributed by atoms with Gasteiger partial charge in [-0.15, -0.1) is 10.2 Å². The number of hydrogen-bond acceptors (Lipinski definition) is 6. The molecule has 9 heteroatoms. The second-order valence-corrected chi connectivity index (χ2v) is 7.02. The van der Waals surface area contributed by atoms with Crippen molar-refractivity contribution >= 4 is 23.7 Å². The first-order valence-electron chi connectivity index (χ1n) is 8.21. The third-order valence-corrected chi connectivity index (χ3v) is 4.36. The number of thioether (sulfide) groups is 1. The monoisotopic (exact) mass is 388 g/mol. The van der Waals surface area contributed by atoms with Crippen molar-refractivity contribution in [1.82, 2.24) is 14.8 Å². The fraction of sp³-hybridized carbons (Fsp3) is 0.222. The fourth-order valence-electron chi connectivity index (χ4n) is 2.44. The third kappa shape index (κ3) is 4.43. The van der Waals surface area contributed by atoms with Crippen LogP contribution in [-0.2, 0) is 6.54 Å². The van der Waals surface area contributed by atoms with Crippen LogP contribution >= 0.6 is 11.8 Å². The van der Waals surface area contributed by atoms with Gasteiger partial charge in [0.15, 0.2) is 11.0 Å². The van der Waals surface area contributed by atoms with Crippen LogP contribution in [0.4, 0.5) is 10.3 Å². The quantitative estimate of drug-likeness (QED) is 0.321. The molecule has 3 aromatic rings. The summed E-state index contributed by atoms with van der Waals surface area (Å²) in [5.74, 6) is 0.460. The Morgan fingerprint density at radius 1 is 1.30 bits per heavy atom. The van der Waals surface area contributed by atoms with Crippen LogP contribution in [0.25, 0.3) is 17.5 Å². The molecular weight excluding hydrogens is 371 g/mol. The summed E-state index contributed by atoms with van der Waals surface area (Å²) >= 11 is 1.28. The molecular formula is C18H17FN4O3S. The second kappa shape index (κ2) is 8.17. The summed E-state index contributed by atoms with van der Waals surface area (Å²) in [6.45, 7) is 4.73. The highest BCUT2D eigenvalue weighted by atomic mass is 32.2. The highest BCUT2D eigenvalue weighted by Gasteiger charge is 2.17. The maximum atomic E-state index is 14.2. The van der Waals surface area contributed by atoms with Gasteiger partial charge in [0, 0.05) is 6.54 Å². The molecule has 1 aromatic carbocycles. The molecule has 0 N–H and O–H groups in total. The van der Waals surface area contributed by atoms with Gasteiger partial charge < -0.3 is 8.98 Å². The molecule has 140 valence electrons. The van der Waals surface area contributed by atoms with Crippen molar-refractivity contribution in [2.45, 2.75) is 25.5 Å². The summed E-state index contributed by atoms with van der Waals surface area (Å²) in [6.07, 6.45) is 1.61. The van der Waals surface area contributed by atoms with Crippen molar-refractivity contribution in [3.8, 4) is 11.4 Å². The van der Waals surface area contributed by atoms with Gasteiger partial charge in [-0.05, 0) is 35.6 Å². The number of halogens is 1. The fourth-order valence-corrected chi connectivity index (χ4v) is 3.14. The Morgan fingerprint density at radius 3 is 2.74 bits per heavy atom. The minimum absolute atomic E-state index is 0.308. The average molecular weight is 388 g/mol. The summed E-state index contributed by atoms with van der Waals surface area (Å²) in [5, 5.41) is 21.3. The van der Waals surface area contributed by atoms with E-state index < -0.39 is 4.92 Å². The van der Waals surface area contributed by atoms with E-state index in [9.17, 15) is 14.5 Å². The van der Waals surface area contributed by atoms with Crippen LogP contribution in [0.2, 0.25) is 0 Å². The Hall–Kier alpha value is -2.94. The molecule has 0 spiro atoms. The van der Waals surface area contributed by atoms with Crippen molar-refractivity contribution < 1.29 is 13.7 Å². The van der Waals surface area contributed by atoms with E-state index in [2.05, 4.69) is 24.0 Å². The van der Waals surface area contributed by atoms with Crippen molar-refractivity contribution in [2.75, 3.05) is 0 Å². The van der Waals surface area contributed by atoms with Crippen molar-refractivity contribution in [1.29, 1.82) is 0 Å². The molecule has 2 aromatic heterocycles. The van der Waals surface area contributed by atoms with Crippen LogP contribution in [0.5, 0.6) is 0 Å². The molecule has 2 heterocycles. The Bertz CT molecular complexity index is 981. The maximum Gasteiger partial charge on any atom is 0.433 e. The van der Waals surface area contributed by atoms with E-state index in [0.29, 0.717) is 34.8 Å². The molecule has 0 atom stereocenters. The van der Waals surface area contributed by atoms with Gasteiger partial charge in [0.1, 0.15) is 16.5 Å². The zero-order chi connectivity index (χ0) is 19.4. The molecule has 7 nitrogen and oxygen atoms in total. The van der Waals surface area contributed by atoms with Gasteiger partial charge in [-0.2, -0.15) is 0 Å². The summed E-state index contributed by atoms with van der Waals surface area (Å²) in [5.41, 5.74) is 0.392. The first kappa shape index (κ1) is 18.8. The smallest absolute Gasteiger partial charge is 0.401 e. The van der Waals surface area contributed by atoms with Crippen LogP contribution < -0.4 is 0 Å². The van der Waals surface area contributed by atoms with Crippen LogP contribution in [0.15, 0.2) is 51.4 Å². The lowest BCUT2D eigenvalue weighted by Gasteiger charge is -2.12. The number of rotatable bonds is 7. The van der Waals surface area contributed by atoms with Gasteiger partial charge in [0.2, 0.25) is 0 Å². The number of benzene rings is 1. The van der Waals surface area contributed by atoms with E-state index in [1.54, 1.807) is 29.7 Å². The summed E-state index contributed by atoms with van der Waals surface area (Å²) in [7, 11) is 0. The normalized spacial score (nSPS) is 11.6. The highest BCUT2D eigenvalue weighted by Crippen LogP contribution is 2.28. The van der Waals surface area contributed by atoms with Gasteiger partial charge in [0.25, 0.3) is 0 Å². The molecule has 0 bridgehead atoms. The predicted molar refractivity (Wildman–Crippen MR) is 101 cm³/mol. The van der Waals surface area contributed by atoms with E-state index >= 15 is 0 Å². The number of hydrogen-bond donors (Lipinski definition) is 0. The Kier molecular flexibility index (Phi) is 5.70. The van der Waals surface area contributed by atoms with Gasteiger partial charge in [0.05, 0.1) is 11.6 Å². The van der Waals surface area contributed by atoms with Gasteiger partial charge >= 0.3 is 5.88 Å².